The molecule has 82 valence electrons. The summed E-state index contributed by atoms with van der Waals surface area (Å²) < 4.78 is 5.08. The molecule has 0 aliphatic carbocycles. The van der Waals surface area contributed by atoms with Gasteiger partial charge in [-0.05, 0) is 11.8 Å². The third-order valence-electron chi connectivity index (χ3n) is 2.39. The number of ether oxygens (including phenoxy) is 1. The number of nitrogens with zero attached hydrogens (tertiary/aromatic N) is 1. The quantitative estimate of drug-likeness (QED) is 0.681. The first-order chi connectivity index (χ1) is 6.64. The second kappa shape index (κ2) is 5.20. The van der Waals surface area contributed by atoms with Crippen LogP contribution in [0, 0.1) is 5.41 Å². The molecule has 0 saturated heterocycles. The molecule has 1 rings (SSSR count). The number of guanidine groups is 1. The molecular weight excluding hydrogens is 178 g/mol. The van der Waals surface area contributed by atoms with Crippen LogP contribution in [0.3, 0.4) is 0 Å². The standard InChI is InChI=1S/C10H21N3O/c1-10(2,4-7-14-3)8-13-9-11-5-6-12-9/h4-8H2,1-3H3,(H2,11,12,13). The van der Waals surface area contributed by atoms with Crippen molar-refractivity contribution < 1.29 is 4.74 Å². The summed E-state index contributed by atoms with van der Waals surface area (Å²) in [5.41, 5.74) is 0.253. The largest absolute Gasteiger partial charge is 0.385 e. The Bertz CT molecular complexity index is 202. The molecule has 14 heavy (non-hydrogen) atoms. The van der Waals surface area contributed by atoms with Crippen molar-refractivity contribution in [3.63, 3.8) is 0 Å². The molecule has 2 N–H and O–H groups in total. The molecule has 0 saturated carbocycles. The highest BCUT2D eigenvalue weighted by atomic mass is 16.5. The van der Waals surface area contributed by atoms with E-state index in [0.29, 0.717) is 0 Å². The van der Waals surface area contributed by atoms with Gasteiger partial charge >= 0.3 is 0 Å². The fourth-order valence-electron chi connectivity index (χ4n) is 1.31. The summed E-state index contributed by atoms with van der Waals surface area (Å²) in [7, 11) is 1.74. The Morgan fingerprint density at radius 2 is 2.36 bits per heavy atom. The Balaban J connectivity index is 2.20. The van der Waals surface area contributed by atoms with Gasteiger partial charge in [0.1, 0.15) is 0 Å². The summed E-state index contributed by atoms with van der Waals surface area (Å²) in [6.45, 7) is 8.06. The molecule has 0 aromatic rings. The van der Waals surface area contributed by atoms with Crippen LogP contribution in [0.4, 0.5) is 0 Å². The highest BCUT2D eigenvalue weighted by molar-refractivity contribution is 5.81. The van der Waals surface area contributed by atoms with E-state index in [1.54, 1.807) is 7.11 Å². The van der Waals surface area contributed by atoms with Crippen LogP contribution in [0.25, 0.3) is 0 Å². The van der Waals surface area contributed by atoms with Crippen LogP contribution in [0.5, 0.6) is 0 Å². The Morgan fingerprint density at radius 1 is 1.57 bits per heavy atom. The van der Waals surface area contributed by atoms with Crippen molar-refractivity contribution in [3.8, 4) is 0 Å². The van der Waals surface area contributed by atoms with Crippen molar-refractivity contribution in [2.45, 2.75) is 20.3 Å². The normalized spacial score (nSPS) is 16.4. The Kier molecular flexibility index (Phi) is 4.20. The smallest absolute Gasteiger partial charge is 0.191 e. The predicted molar refractivity (Wildman–Crippen MR) is 58.6 cm³/mol. The van der Waals surface area contributed by atoms with Crippen LogP contribution in [-0.2, 0) is 4.74 Å². The minimum absolute atomic E-state index is 0.253. The van der Waals surface area contributed by atoms with Gasteiger partial charge in [0.05, 0.1) is 6.54 Å². The maximum Gasteiger partial charge on any atom is 0.191 e. The van der Waals surface area contributed by atoms with Gasteiger partial charge in [-0.3, -0.25) is 4.99 Å². The van der Waals surface area contributed by atoms with E-state index < -0.39 is 0 Å². The molecule has 4 nitrogen and oxygen atoms in total. The van der Waals surface area contributed by atoms with Crippen molar-refractivity contribution in [1.82, 2.24) is 10.6 Å². The minimum Gasteiger partial charge on any atom is -0.385 e. The topological polar surface area (TPSA) is 45.6 Å². The SMILES string of the molecule is COCCC(C)(C)CNC1=NCCN1. The molecule has 0 unspecified atom stereocenters. The van der Waals surface area contributed by atoms with Crippen LogP contribution in [0.2, 0.25) is 0 Å². The highest BCUT2D eigenvalue weighted by Gasteiger charge is 2.18. The lowest BCUT2D eigenvalue weighted by Crippen LogP contribution is -2.40. The summed E-state index contributed by atoms with van der Waals surface area (Å²) >= 11 is 0. The van der Waals surface area contributed by atoms with E-state index in [-0.39, 0.29) is 5.41 Å². The van der Waals surface area contributed by atoms with E-state index in [9.17, 15) is 0 Å². The van der Waals surface area contributed by atoms with E-state index in [1.165, 1.54) is 0 Å². The molecule has 4 heteroatoms. The predicted octanol–water partition coefficient (Wildman–Crippen LogP) is 0.598. The zero-order valence-electron chi connectivity index (χ0n) is 9.39. The first-order valence-corrected chi connectivity index (χ1v) is 5.15. The average molecular weight is 199 g/mol. The minimum atomic E-state index is 0.253. The summed E-state index contributed by atoms with van der Waals surface area (Å²) in [5, 5.41) is 6.51. The number of rotatable bonds is 5. The zero-order valence-corrected chi connectivity index (χ0v) is 9.39. The van der Waals surface area contributed by atoms with Crippen molar-refractivity contribution in [2.24, 2.45) is 10.4 Å². The monoisotopic (exact) mass is 199 g/mol. The van der Waals surface area contributed by atoms with Crippen molar-refractivity contribution in [3.05, 3.63) is 0 Å². The van der Waals surface area contributed by atoms with Crippen LogP contribution in [-0.4, -0.2) is 39.3 Å². The first kappa shape index (κ1) is 11.3. The van der Waals surface area contributed by atoms with Crippen LogP contribution < -0.4 is 10.6 Å². The Morgan fingerprint density at radius 3 is 2.93 bits per heavy atom. The van der Waals surface area contributed by atoms with E-state index >= 15 is 0 Å². The molecule has 1 aliphatic rings. The third-order valence-corrected chi connectivity index (χ3v) is 2.39. The van der Waals surface area contributed by atoms with Crippen LogP contribution in [0.1, 0.15) is 20.3 Å². The van der Waals surface area contributed by atoms with E-state index in [1.807, 2.05) is 0 Å². The number of aliphatic imine (C=N–C) groups is 1. The second-order valence-electron chi connectivity index (χ2n) is 4.42. The maximum atomic E-state index is 5.08. The van der Waals surface area contributed by atoms with Crippen molar-refractivity contribution in [2.75, 3.05) is 33.4 Å². The molecular formula is C10H21N3O. The molecule has 0 aromatic heterocycles. The fraction of sp³-hybridized carbons (Fsp3) is 0.900. The lowest BCUT2D eigenvalue weighted by molar-refractivity contribution is 0.153. The lowest BCUT2D eigenvalue weighted by Gasteiger charge is -2.24. The van der Waals surface area contributed by atoms with E-state index in [4.69, 9.17) is 4.74 Å². The molecule has 1 aliphatic heterocycles. The van der Waals surface area contributed by atoms with Crippen molar-refractivity contribution >= 4 is 5.96 Å². The van der Waals surface area contributed by atoms with Gasteiger partial charge < -0.3 is 15.4 Å². The first-order valence-electron chi connectivity index (χ1n) is 5.15. The van der Waals surface area contributed by atoms with Gasteiger partial charge in [-0.2, -0.15) is 0 Å². The van der Waals surface area contributed by atoms with Crippen LogP contribution in [0.15, 0.2) is 4.99 Å². The summed E-state index contributed by atoms with van der Waals surface area (Å²) in [6.07, 6.45) is 1.06. The van der Waals surface area contributed by atoms with Gasteiger partial charge in [0.25, 0.3) is 0 Å². The van der Waals surface area contributed by atoms with Gasteiger partial charge in [-0.1, -0.05) is 13.8 Å². The third kappa shape index (κ3) is 3.96. The molecule has 0 spiro atoms. The van der Waals surface area contributed by atoms with Gasteiger partial charge in [0.15, 0.2) is 5.96 Å². The molecule has 0 radical (unpaired) electrons. The molecule has 0 fully saturated rings. The average Bonchev–Trinajstić information content (AvgIpc) is 2.64. The van der Waals surface area contributed by atoms with E-state index in [0.717, 1.165) is 38.6 Å². The summed E-state index contributed by atoms with van der Waals surface area (Å²) in [5.74, 6) is 0.940. The molecule has 1 heterocycles. The number of hydrogen-bond acceptors (Lipinski definition) is 4. The molecule has 0 aromatic carbocycles. The van der Waals surface area contributed by atoms with Crippen LogP contribution >= 0.6 is 0 Å². The number of hydrogen-bond donors (Lipinski definition) is 2. The molecule has 0 atom stereocenters. The summed E-state index contributed by atoms with van der Waals surface area (Å²) in [6, 6.07) is 0. The maximum absolute atomic E-state index is 5.08. The van der Waals surface area contributed by atoms with Gasteiger partial charge in [0, 0.05) is 26.8 Å². The second-order valence-corrected chi connectivity index (χ2v) is 4.42. The number of methoxy groups -OCH3 is 1. The Labute approximate surface area is 86.1 Å². The fourth-order valence-corrected chi connectivity index (χ4v) is 1.31. The number of nitrogens with one attached hydrogen (secondary N) is 2. The Hall–Kier alpha value is -0.770. The molecule has 0 bridgehead atoms. The highest BCUT2D eigenvalue weighted by Crippen LogP contribution is 2.18. The summed E-state index contributed by atoms with van der Waals surface area (Å²) in [4.78, 5) is 4.28. The van der Waals surface area contributed by atoms with Crippen molar-refractivity contribution in [1.29, 1.82) is 0 Å². The van der Waals surface area contributed by atoms with Gasteiger partial charge in [-0.25, -0.2) is 0 Å². The lowest BCUT2D eigenvalue weighted by atomic mass is 9.90. The van der Waals surface area contributed by atoms with Gasteiger partial charge in [-0.15, -0.1) is 0 Å². The zero-order chi connectivity index (χ0) is 10.4. The molecule has 0 amide bonds. The van der Waals surface area contributed by atoms with E-state index in [2.05, 4.69) is 29.5 Å². The van der Waals surface area contributed by atoms with Gasteiger partial charge in [0.2, 0.25) is 0 Å².